The molecule has 2 fully saturated rings. The van der Waals surface area contributed by atoms with Gasteiger partial charge in [0.15, 0.2) is 12.0 Å². The Kier molecular flexibility index (Phi) is 11.1. The average Bonchev–Trinajstić information content (AvgIpc) is 3.38. The van der Waals surface area contributed by atoms with Gasteiger partial charge in [0.1, 0.15) is 5.75 Å². The molecular formula is C38H36N4O5S. The Morgan fingerprint density at radius 3 is 2.48 bits per heavy atom. The summed E-state index contributed by atoms with van der Waals surface area (Å²) in [6.45, 7) is 3.10. The first kappa shape index (κ1) is 32.9. The summed E-state index contributed by atoms with van der Waals surface area (Å²) in [5, 5.41) is 0. The molecule has 9 nitrogen and oxygen atoms in total. The van der Waals surface area contributed by atoms with Crippen LogP contribution in [0.25, 0.3) is 0 Å². The fourth-order valence-corrected chi connectivity index (χ4v) is 6.31. The maximum absolute atomic E-state index is 13.3. The minimum Gasteiger partial charge on any atom is -0.593 e. The summed E-state index contributed by atoms with van der Waals surface area (Å²) < 4.78 is 26.5. The lowest BCUT2D eigenvalue weighted by atomic mass is 10.1. The highest BCUT2D eigenvalue weighted by Crippen LogP contribution is 2.21. The van der Waals surface area contributed by atoms with Crippen molar-refractivity contribution >= 4 is 35.1 Å². The molecule has 3 heterocycles. The van der Waals surface area contributed by atoms with Gasteiger partial charge in [-0.1, -0.05) is 42.2 Å². The van der Waals surface area contributed by atoms with Crippen molar-refractivity contribution in [1.29, 1.82) is 0 Å². The van der Waals surface area contributed by atoms with Gasteiger partial charge in [-0.3, -0.25) is 14.6 Å². The lowest BCUT2D eigenvalue weighted by Gasteiger charge is -2.36. The Hall–Kier alpha value is -5.04. The molecule has 3 aromatic carbocycles. The van der Waals surface area contributed by atoms with E-state index in [1.807, 2.05) is 66.7 Å². The number of anilines is 1. The number of piperazine rings is 1. The van der Waals surface area contributed by atoms with Crippen LogP contribution in [0.3, 0.4) is 0 Å². The number of benzene rings is 3. The maximum atomic E-state index is 13.3. The maximum Gasteiger partial charge on any atom is 0.292 e. The van der Waals surface area contributed by atoms with E-state index in [1.54, 1.807) is 35.5 Å². The molecule has 10 heteroatoms. The number of hydrogen-bond acceptors (Lipinski definition) is 7. The third-order valence-electron chi connectivity index (χ3n) is 8.06. The molecule has 0 saturated carbocycles. The van der Waals surface area contributed by atoms with Crippen molar-refractivity contribution in [2.24, 2.45) is 4.99 Å². The van der Waals surface area contributed by atoms with E-state index in [-0.39, 0.29) is 23.9 Å². The molecule has 2 saturated heterocycles. The molecule has 3 aliphatic rings. The van der Waals surface area contributed by atoms with Crippen molar-refractivity contribution in [2.45, 2.75) is 31.3 Å². The lowest BCUT2D eigenvalue weighted by molar-refractivity contribution is -0.127. The molecular weight excluding hydrogens is 625 g/mol. The quantitative estimate of drug-likeness (QED) is 0.209. The number of carbonyl (C=O) groups is 2. The van der Waals surface area contributed by atoms with E-state index in [0.29, 0.717) is 42.9 Å². The first-order chi connectivity index (χ1) is 23.5. The van der Waals surface area contributed by atoms with E-state index in [0.717, 1.165) is 48.4 Å². The van der Waals surface area contributed by atoms with Crippen LogP contribution in [0.2, 0.25) is 0 Å². The van der Waals surface area contributed by atoms with Crippen LogP contribution in [0.4, 0.5) is 5.69 Å². The summed E-state index contributed by atoms with van der Waals surface area (Å²) in [4.78, 5) is 34.2. The van der Waals surface area contributed by atoms with Gasteiger partial charge in [0.2, 0.25) is 0 Å². The van der Waals surface area contributed by atoms with Gasteiger partial charge in [-0.15, -0.1) is 5.73 Å². The zero-order chi connectivity index (χ0) is 33.1. The Morgan fingerprint density at radius 2 is 1.75 bits per heavy atom. The summed E-state index contributed by atoms with van der Waals surface area (Å²) in [6, 6.07) is 24.2. The SMILES string of the molecule is O=C(N[S+]([O-])Cc1ccccc1)c1ccc(N2CCN(C(=O)C3=CN=CC(C#Cc4ccc(OC5CCCCO5)cc4)=C=C3)CC2)cc1. The number of amides is 2. The summed E-state index contributed by atoms with van der Waals surface area (Å²) >= 11 is -1.52. The lowest BCUT2D eigenvalue weighted by Crippen LogP contribution is -2.49. The number of nitrogens with zero attached hydrogens (tertiary/aromatic N) is 3. The van der Waals surface area contributed by atoms with Gasteiger partial charge >= 0.3 is 0 Å². The number of ether oxygens (including phenoxy) is 2. The third kappa shape index (κ3) is 9.06. The molecule has 0 bridgehead atoms. The fraction of sp³-hybridized carbons (Fsp3) is 0.263. The van der Waals surface area contributed by atoms with Crippen LogP contribution in [0.15, 0.2) is 113 Å². The molecule has 6 rings (SSSR count). The zero-order valence-electron chi connectivity index (χ0n) is 26.5. The Labute approximate surface area is 284 Å². The van der Waals surface area contributed by atoms with Crippen LogP contribution in [-0.4, -0.2) is 66.6 Å². The summed E-state index contributed by atoms with van der Waals surface area (Å²) in [5.74, 6) is 6.71. The van der Waals surface area contributed by atoms with Gasteiger partial charge in [-0.2, -0.15) is 4.72 Å². The van der Waals surface area contributed by atoms with Gasteiger partial charge in [0, 0.05) is 61.2 Å². The molecule has 2 unspecified atom stereocenters. The highest BCUT2D eigenvalue weighted by Gasteiger charge is 2.24. The predicted molar refractivity (Wildman–Crippen MR) is 187 cm³/mol. The third-order valence-corrected chi connectivity index (χ3v) is 9.07. The highest BCUT2D eigenvalue weighted by atomic mass is 32.2. The smallest absolute Gasteiger partial charge is 0.292 e. The van der Waals surface area contributed by atoms with Crippen molar-refractivity contribution in [2.75, 3.05) is 37.7 Å². The van der Waals surface area contributed by atoms with E-state index >= 15 is 0 Å². The van der Waals surface area contributed by atoms with Crippen LogP contribution < -0.4 is 14.4 Å². The molecule has 2 amide bonds. The van der Waals surface area contributed by atoms with E-state index < -0.39 is 11.4 Å². The van der Waals surface area contributed by atoms with Crippen LogP contribution >= 0.6 is 0 Å². The molecule has 0 radical (unpaired) electrons. The predicted octanol–water partition coefficient (Wildman–Crippen LogP) is 4.94. The average molecular weight is 661 g/mol. The minimum atomic E-state index is -1.52. The van der Waals surface area contributed by atoms with Crippen LogP contribution in [-0.2, 0) is 26.6 Å². The van der Waals surface area contributed by atoms with Crippen LogP contribution in [0, 0.1) is 11.8 Å². The second kappa shape index (κ2) is 16.2. The fourth-order valence-electron chi connectivity index (χ4n) is 5.42. The van der Waals surface area contributed by atoms with Crippen LogP contribution in [0.1, 0.15) is 40.7 Å². The van der Waals surface area contributed by atoms with Gasteiger partial charge in [-0.25, -0.2) is 0 Å². The largest absolute Gasteiger partial charge is 0.593 e. The number of aliphatic imine (C=N–C) groups is 1. The molecule has 1 N–H and O–H groups in total. The van der Waals surface area contributed by atoms with E-state index in [4.69, 9.17) is 9.47 Å². The van der Waals surface area contributed by atoms with Crippen molar-refractivity contribution in [3.05, 3.63) is 125 Å². The molecule has 244 valence electrons. The standard InChI is InChI=1S/C38H36N4O5S/c43-37(40-48(45)28-31-6-2-1-3-7-31)32-15-17-34(18-16-32)41-21-23-42(24-22-41)38(44)33-14-11-30(26-39-27-33)10-9-29-12-19-35(20-13-29)47-36-8-4-5-25-46-36/h1-3,6-7,12-20,26-27,36H,4-5,8,21-25,28H2,(H,40,43). The summed E-state index contributed by atoms with van der Waals surface area (Å²) in [5.41, 5.74) is 7.24. The Morgan fingerprint density at radius 1 is 0.979 bits per heavy atom. The first-order valence-corrected chi connectivity index (χ1v) is 17.3. The molecule has 0 aromatic heterocycles. The normalized spacial score (nSPS) is 18.1. The van der Waals surface area contributed by atoms with Crippen molar-refractivity contribution in [3.8, 4) is 17.6 Å². The molecule has 3 aliphatic heterocycles. The first-order valence-electron chi connectivity index (χ1n) is 16.0. The van der Waals surface area contributed by atoms with Crippen molar-refractivity contribution in [1.82, 2.24) is 9.62 Å². The van der Waals surface area contributed by atoms with E-state index in [1.165, 1.54) is 0 Å². The molecule has 2 atom stereocenters. The second-order valence-corrected chi connectivity index (χ2v) is 12.7. The topological polar surface area (TPSA) is 107 Å². The minimum absolute atomic E-state index is 0.110. The van der Waals surface area contributed by atoms with E-state index in [2.05, 4.69) is 32.2 Å². The summed E-state index contributed by atoms with van der Waals surface area (Å²) in [6.07, 6.45) is 7.69. The van der Waals surface area contributed by atoms with Gasteiger partial charge < -0.3 is 23.8 Å². The Balaban J connectivity index is 0.978. The second-order valence-electron chi connectivity index (χ2n) is 11.5. The number of rotatable bonds is 8. The van der Waals surface area contributed by atoms with Gasteiger partial charge in [0.25, 0.3) is 11.8 Å². The molecule has 3 aromatic rings. The van der Waals surface area contributed by atoms with Gasteiger partial charge in [-0.05, 0) is 67.4 Å². The molecule has 48 heavy (non-hydrogen) atoms. The number of nitrogens with one attached hydrogen (secondary N) is 1. The number of carbonyl (C=O) groups excluding carboxylic acids is 2. The molecule has 0 aliphatic carbocycles. The van der Waals surface area contributed by atoms with Gasteiger partial charge in [0.05, 0.1) is 35.3 Å². The molecule has 0 spiro atoms. The Bertz CT molecular complexity index is 1770. The highest BCUT2D eigenvalue weighted by molar-refractivity contribution is 7.89. The zero-order valence-corrected chi connectivity index (χ0v) is 27.3. The van der Waals surface area contributed by atoms with Crippen LogP contribution in [0.5, 0.6) is 5.75 Å². The summed E-state index contributed by atoms with van der Waals surface area (Å²) in [7, 11) is 0. The van der Waals surface area contributed by atoms with Crippen molar-refractivity contribution < 1.29 is 23.6 Å². The van der Waals surface area contributed by atoms with Crippen molar-refractivity contribution in [3.63, 3.8) is 0 Å². The monoisotopic (exact) mass is 660 g/mol. The number of hydrogen-bond donors (Lipinski definition) is 1. The van der Waals surface area contributed by atoms with E-state index in [9.17, 15) is 14.1 Å².